The van der Waals surface area contributed by atoms with E-state index in [4.69, 9.17) is 0 Å². The Morgan fingerprint density at radius 1 is 1.07 bits per heavy atom. The Morgan fingerprint density at radius 2 is 1.64 bits per heavy atom. The summed E-state index contributed by atoms with van der Waals surface area (Å²) in [4.78, 5) is 1.23. The zero-order valence-corrected chi connectivity index (χ0v) is 9.79. The van der Waals surface area contributed by atoms with Crippen LogP contribution in [0.3, 0.4) is 0 Å². The van der Waals surface area contributed by atoms with E-state index in [1.807, 2.05) is 25.1 Å². The topological polar surface area (TPSA) is 20.2 Å². The Labute approximate surface area is 90.5 Å². The summed E-state index contributed by atoms with van der Waals surface area (Å²) in [5.74, 6) is 0.486. The van der Waals surface area contributed by atoms with Gasteiger partial charge in [-0.1, -0.05) is 32.0 Å². The van der Waals surface area contributed by atoms with E-state index in [0.29, 0.717) is 5.92 Å². The molecule has 0 aliphatic rings. The second-order valence-electron chi connectivity index (χ2n) is 3.88. The molecule has 0 aromatic heterocycles. The molecule has 1 nitrogen and oxygen atoms in total. The molecule has 0 bridgehead atoms. The number of aliphatic hydroxyl groups is 1. The minimum Gasteiger partial charge on any atom is -0.392 e. The van der Waals surface area contributed by atoms with Crippen molar-refractivity contribution in [2.75, 3.05) is 0 Å². The molecule has 1 aromatic carbocycles. The number of hydrogen-bond donors (Lipinski definition) is 1. The highest BCUT2D eigenvalue weighted by atomic mass is 32.2. The molecular formula is C12H18OS. The van der Waals surface area contributed by atoms with E-state index >= 15 is 0 Å². The van der Waals surface area contributed by atoms with Gasteiger partial charge in [0.1, 0.15) is 0 Å². The SMILES string of the molecule is CC(C)[C@@H](Sc1ccccc1)[C@H](C)O. The van der Waals surface area contributed by atoms with E-state index < -0.39 is 0 Å². The van der Waals surface area contributed by atoms with Crippen molar-refractivity contribution in [2.45, 2.75) is 37.0 Å². The van der Waals surface area contributed by atoms with Crippen LogP contribution >= 0.6 is 11.8 Å². The number of aliphatic hydroxyl groups excluding tert-OH is 1. The summed E-state index contributed by atoms with van der Waals surface area (Å²) in [6, 6.07) is 10.2. The third-order valence-corrected chi connectivity index (χ3v) is 3.90. The first-order valence-corrected chi connectivity index (χ1v) is 5.89. The lowest BCUT2D eigenvalue weighted by molar-refractivity contribution is 0.175. The van der Waals surface area contributed by atoms with Gasteiger partial charge in [0.05, 0.1) is 6.10 Å². The quantitative estimate of drug-likeness (QED) is 0.770. The molecule has 1 aromatic rings. The van der Waals surface area contributed by atoms with Crippen LogP contribution in [0.4, 0.5) is 0 Å². The van der Waals surface area contributed by atoms with Crippen LogP contribution in [0.25, 0.3) is 0 Å². The van der Waals surface area contributed by atoms with Crippen LogP contribution in [0.2, 0.25) is 0 Å². The van der Waals surface area contributed by atoms with Crippen molar-refractivity contribution in [3.05, 3.63) is 30.3 Å². The summed E-state index contributed by atoms with van der Waals surface area (Å²) in [5, 5.41) is 9.90. The highest BCUT2D eigenvalue weighted by Gasteiger charge is 2.19. The van der Waals surface area contributed by atoms with Gasteiger partial charge in [0.2, 0.25) is 0 Å². The average Bonchev–Trinajstić information content (AvgIpc) is 2.15. The third kappa shape index (κ3) is 3.35. The summed E-state index contributed by atoms with van der Waals surface area (Å²) >= 11 is 1.75. The molecule has 2 heteroatoms. The number of thioether (sulfide) groups is 1. The molecule has 0 aliphatic heterocycles. The van der Waals surface area contributed by atoms with Crippen molar-refractivity contribution in [1.82, 2.24) is 0 Å². The summed E-state index contributed by atoms with van der Waals surface area (Å²) < 4.78 is 0. The van der Waals surface area contributed by atoms with E-state index in [-0.39, 0.29) is 11.4 Å². The second-order valence-corrected chi connectivity index (χ2v) is 5.13. The van der Waals surface area contributed by atoms with Gasteiger partial charge >= 0.3 is 0 Å². The Bertz CT molecular complexity index is 248. The van der Waals surface area contributed by atoms with Crippen LogP contribution in [0.15, 0.2) is 35.2 Å². The molecule has 0 heterocycles. The molecule has 0 saturated carbocycles. The molecule has 0 aliphatic carbocycles. The highest BCUT2D eigenvalue weighted by molar-refractivity contribution is 8.00. The van der Waals surface area contributed by atoms with Gasteiger partial charge in [0.25, 0.3) is 0 Å². The zero-order valence-electron chi connectivity index (χ0n) is 8.97. The number of benzene rings is 1. The van der Waals surface area contributed by atoms with Crippen LogP contribution in [0, 0.1) is 5.92 Å². The monoisotopic (exact) mass is 210 g/mol. The van der Waals surface area contributed by atoms with Crippen LogP contribution in [0.5, 0.6) is 0 Å². The summed E-state index contributed by atoms with van der Waals surface area (Å²) in [5.41, 5.74) is 0. The van der Waals surface area contributed by atoms with Crippen molar-refractivity contribution < 1.29 is 5.11 Å². The number of rotatable bonds is 4. The van der Waals surface area contributed by atoms with Crippen molar-refractivity contribution in [3.8, 4) is 0 Å². The van der Waals surface area contributed by atoms with Gasteiger partial charge in [-0.25, -0.2) is 0 Å². The molecule has 0 saturated heterocycles. The Balaban J connectivity index is 2.65. The molecule has 14 heavy (non-hydrogen) atoms. The Morgan fingerprint density at radius 3 is 2.07 bits per heavy atom. The van der Waals surface area contributed by atoms with Gasteiger partial charge in [0, 0.05) is 10.1 Å². The summed E-state index contributed by atoms with van der Waals surface area (Å²) in [6.45, 7) is 6.15. The van der Waals surface area contributed by atoms with E-state index in [9.17, 15) is 5.11 Å². The normalized spacial score (nSPS) is 15.5. The molecule has 2 atom stereocenters. The van der Waals surface area contributed by atoms with E-state index in [0.717, 1.165) is 0 Å². The fraction of sp³-hybridized carbons (Fsp3) is 0.500. The molecule has 0 amide bonds. The summed E-state index contributed by atoms with van der Waals surface area (Å²) in [7, 11) is 0. The van der Waals surface area contributed by atoms with Crippen LogP contribution in [0.1, 0.15) is 20.8 Å². The van der Waals surface area contributed by atoms with Crippen molar-refractivity contribution >= 4 is 11.8 Å². The van der Waals surface area contributed by atoms with Crippen molar-refractivity contribution in [3.63, 3.8) is 0 Å². The number of hydrogen-bond acceptors (Lipinski definition) is 2. The lowest BCUT2D eigenvalue weighted by Crippen LogP contribution is -2.24. The lowest BCUT2D eigenvalue weighted by Gasteiger charge is -2.23. The maximum absolute atomic E-state index is 9.62. The van der Waals surface area contributed by atoms with Crippen molar-refractivity contribution in [1.29, 1.82) is 0 Å². The smallest absolute Gasteiger partial charge is 0.0636 e. The minimum atomic E-state index is -0.264. The first-order chi connectivity index (χ1) is 6.61. The molecule has 0 radical (unpaired) electrons. The fourth-order valence-corrected chi connectivity index (χ4v) is 2.55. The average molecular weight is 210 g/mol. The van der Waals surface area contributed by atoms with Gasteiger partial charge in [0.15, 0.2) is 0 Å². The predicted octanol–water partition coefficient (Wildman–Crippen LogP) is 3.18. The van der Waals surface area contributed by atoms with E-state index in [1.165, 1.54) is 4.90 Å². The highest BCUT2D eigenvalue weighted by Crippen LogP contribution is 2.29. The minimum absolute atomic E-state index is 0.264. The maximum Gasteiger partial charge on any atom is 0.0636 e. The molecule has 0 fully saturated rings. The Kier molecular flexibility index (Phi) is 4.49. The second kappa shape index (κ2) is 5.42. The molecule has 1 rings (SSSR count). The zero-order chi connectivity index (χ0) is 10.6. The first kappa shape index (κ1) is 11.6. The van der Waals surface area contributed by atoms with Gasteiger partial charge in [-0.15, -0.1) is 11.8 Å². The maximum atomic E-state index is 9.62. The van der Waals surface area contributed by atoms with Gasteiger partial charge in [-0.3, -0.25) is 0 Å². The van der Waals surface area contributed by atoms with Gasteiger partial charge < -0.3 is 5.11 Å². The third-order valence-electron chi connectivity index (χ3n) is 2.15. The molecular weight excluding hydrogens is 192 g/mol. The molecule has 1 N–H and O–H groups in total. The van der Waals surface area contributed by atoms with Crippen LogP contribution in [-0.2, 0) is 0 Å². The molecule has 0 unspecified atom stereocenters. The van der Waals surface area contributed by atoms with Crippen molar-refractivity contribution in [2.24, 2.45) is 5.92 Å². The van der Waals surface area contributed by atoms with Crippen LogP contribution in [-0.4, -0.2) is 16.5 Å². The van der Waals surface area contributed by atoms with E-state index in [2.05, 4.69) is 26.0 Å². The first-order valence-electron chi connectivity index (χ1n) is 5.01. The summed E-state index contributed by atoms with van der Waals surface area (Å²) in [6.07, 6.45) is -0.264. The lowest BCUT2D eigenvalue weighted by atomic mass is 10.1. The van der Waals surface area contributed by atoms with Gasteiger partial charge in [-0.05, 0) is 25.0 Å². The largest absolute Gasteiger partial charge is 0.392 e. The molecule has 78 valence electrons. The van der Waals surface area contributed by atoms with E-state index in [1.54, 1.807) is 11.8 Å². The molecule has 0 spiro atoms. The fourth-order valence-electron chi connectivity index (χ4n) is 1.45. The van der Waals surface area contributed by atoms with Gasteiger partial charge in [-0.2, -0.15) is 0 Å². The van der Waals surface area contributed by atoms with Crippen LogP contribution < -0.4 is 0 Å². The predicted molar refractivity (Wildman–Crippen MR) is 62.6 cm³/mol. The standard InChI is InChI=1S/C12H18OS/c1-9(2)12(10(3)13)14-11-7-5-4-6-8-11/h4-10,12-13H,1-3H3/t10-,12+/m0/s1. The Hall–Kier alpha value is -0.470.